The summed E-state index contributed by atoms with van der Waals surface area (Å²) < 4.78 is 1.13. The lowest BCUT2D eigenvalue weighted by atomic mass is 10.0. The van der Waals surface area contributed by atoms with Crippen molar-refractivity contribution in [3.8, 4) is 0 Å². The van der Waals surface area contributed by atoms with Crippen molar-refractivity contribution in [2.45, 2.75) is 26.7 Å². The molecule has 0 amide bonds. The minimum atomic E-state index is 1.04. The maximum atomic E-state index is 3.50. The third-order valence-corrected chi connectivity index (χ3v) is 5.92. The van der Waals surface area contributed by atoms with Gasteiger partial charge in [0.25, 0.3) is 0 Å². The monoisotopic (exact) mass is 455 g/mol. The van der Waals surface area contributed by atoms with Crippen LogP contribution in [0.15, 0.2) is 102 Å². The first-order valence-electron chi connectivity index (χ1n) is 10.4. The summed E-state index contributed by atoms with van der Waals surface area (Å²) >= 11 is 3.50. The van der Waals surface area contributed by atoms with Crippen LogP contribution in [0.4, 0.5) is 17.1 Å². The molecule has 0 heterocycles. The van der Waals surface area contributed by atoms with E-state index in [9.17, 15) is 0 Å². The Bertz CT molecular complexity index is 1030. The molecule has 2 heteroatoms. The molecule has 0 aliphatic heterocycles. The van der Waals surface area contributed by atoms with Crippen molar-refractivity contribution in [2.24, 2.45) is 0 Å². The highest BCUT2D eigenvalue weighted by Gasteiger charge is 2.12. The smallest absolute Gasteiger partial charge is 0.0461 e. The van der Waals surface area contributed by atoms with Gasteiger partial charge >= 0.3 is 0 Å². The molecule has 0 bridgehead atoms. The molecule has 0 saturated carbocycles. The topological polar surface area (TPSA) is 3.24 Å². The van der Waals surface area contributed by atoms with Crippen molar-refractivity contribution in [1.29, 1.82) is 0 Å². The number of aryl methyl sites for hydroxylation is 4. The van der Waals surface area contributed by atoms with E-state index in [2.05, 4.69) is 132 Å². The second-order valence-electron chi connectivity index (χ2n) is 7.80. The lowest BCUT2D eigenvalue weighted by molar-refractivity contribution is 0.959. The minimum absolute atomic E-state index is 1.04. The van der Waals surface area contributed by atoms with Gasteiger partial charge < -0.3 is 4.90 Å². The van der Waals surface area contributed by atoms with Gasteiger partial charge in [0.15, 0.2) is 0 Å². The number of anilines is 3. The van der Waals surface area contributed by atoms with Gasteiger partial charge in [-0.15, -0.1) is 0 Å². The van der Waals surface area contributed by atoms with E-state index >= 15 is 0 Å². The average Bonchev–Trinajstić information content (AvgIpc) is 2.77. The Kier molecular flexibility index (Phi) is 6.35. The van der Waals surface area contributed by atoms with Gasteiger partial charge in [0, 0.05) is 21.5 Å². The van der Waals surface area contributed by atoms with Crippen LogP contribution < -0.4 is 4.90 Å². The molecule has 0 aliphatic carbocycles. The Balaban J connectivity index is 1.58. The summed E-state index contributed by atoms with van der Waals surface area (Å²) in [5.74, 6) is 0. The molecule has 0 fully saturated rings. The Labute approximate surface area is 188 Å². The highest BCUT2D eigenvalue weighted by molar-refractivity contribution is 9.10. The molecule has 1 nitrogen and oxygen atoms in total. The second kappa shape index (κ2) is 9.32. The van der Waals surface area contributed by atoms with E-state index in [-0.39, 0.29) is 0 Å². The molecule has 30 heavy (non-hydrogen) atoms. The first-order chi connectivity index (χ1) is 14.6. The molecule has 0 saturated heterocycles. The minimum Gasteiger partial charge on any atom is -0.311 e. The summed E-state index contributed by atoms with van der Waals surface area (Å²) in [6, 6.07) is 35.0. The van der Waals surface area contributed by atoms with Crippen LogP contribution in [0.5, 0.6) is 0 Å². The Hall–Kier alpha value is -2.84. The number of benzene rings is 4. The SMILES string of the molecule is Cc1ccc(N(c2ccc(C)cc2)c2ccc(CCc3ccc(Br)cc3)cc2)cc1. The molecule has 0 atom stereocenters. The Morgan fingerprint density at radius 2 is 0.833 bits per heavy atom. The normalized spacial score (nSPS) is 10.8. The van der Waals surface area contributed by atoms with Crippen LogP contribution in [0.2, 0.25) is 0 Å². The maximum absolute atomic E-state index is 3.50. The summed E-state index contributed by atoms with van der Waals surface area (Å²) in [5, 5.41) is 0. The van der Waals surface area contributed by atoms with Gasteiger partial charge in [-0.3, -0.25) is 0 Å². The zero-order valence-electron chi connectivity index (χ0n) is 17.5. The van der Waals surface area contributed by atoms with Crippen molar-refractivity contribution < 1.29 is 0 Å². The van der Waals surface area contributed by atoms with Crippen LogP contribution in [0.3, 0.4) is 0 Å². The Morgan fingerprint density at radius 1 is 0.500 bits per heavy atom. The molecule has 0 aliphatic rings. The lowest BCUT2D eigenvalue weighted by Crippen LogP contribution is -2.10. The van der Waals surface area contributed by atoms with Gasteiger partial charge in [0.1, 0.15) is 0 Å². The predicted octanol–water partition coefficient (Wildman–Crippen LogP) is 8.32. The summed E-state index contributed by atoms with van der Waals surface area (Å²) in [7, 11) is 0. The van der Waals surface area contributed by atoms with Gasteiger partial charge in [0.2, 0.25) is 0 Å². The standard InChI is InChI=1S/C28H26BrN/c1-21-3-15-26(16-4-21)30(27-17-5-22(2)6-18-27)28-19-11-24(12-20-28)8-7-23-9-13-25(29)14-10-23/h3-6,9-20H,7-8H2,1-2H3. The zero-order valence-corrected chi connectivity index (χ0v) is 19.1. The molecule has 4 aromatic carbocycles. The van der Waals surface area contributed by atoms with Crippen molar-refractivity contribution in [3.63, 3.8) is 0 Å². The van der Waals surface area contributed by atoms with Crippen LogP contribution >= 0.6 is 15.9 Å². The highest BCUT2D eigenvalue weighted by Crippen LogP contribution is 2.34. The fourth-order valence-corrected chi connectivity index (χ4v) is 3.85. The number of rotatable bonds is 6. The van der Waals surface area contributed by atoms with Crippen LogP contribution in [-0.2, 0) is 12.8 Å². The molecule has 0 unspecified atom stereocenters. The molecule has 0 aromatic heterocycles. The zero-order chi connectivity index (χ0) is 20.9. The number of hydrogen-bond donors (Lipinski definition) is 0. The van der Waals surface area contributed by atoms with Gasteiger partial charge in [-0.05, 0) is 86.3 Å². The van der Waals surface area contributed by atoms with E-state index in [1.165, 1.54) is 39.3 Å². The van der Waals surface area contributed by atoms with Crippen LogP contribution in [0, 0.1) is 13.8 Å². The van der Waals surface area contributed by atoms with E-state index in [1.807, 2.05) is 0 Å². The highest BCUT2D eigenvalue weighted by atomic mass is 79.9. The van der Waals surface area contributed by atoms with Gasteiger partial charge in [-0.1, -0.05) is 75.6 Å². The average molecular weight is 456 g/mol. The van der Waals surface area contributed by atoms with Crippen LogP contribution in [0.1, 0.15) is 22.3 Å². The molecular formula is C28H26BrN. The first kappa shape index (κ1) is 20.4. The molecular weight excluding hydrogens is 430 g/mol. The quantitative estimate of drug-likeness (QED) is 0.282. The summed E-state index contributed by atoms with van der Waals surface area (Å²) in [5.41, 5.74) is 8.78. The summed E-state index contributed by atoms with van der Waals surface area (Å²) in [4.78, 5) is 2.32. The van der Waals surface area contributed by atoms with Crippen molar-refractivity contribution in [2.75, 3.05) is 4.90 Å². The van der Waals surface area contributed by atoms with Crippen molar-refractivity contribution in [3.05, 3.63) is 124 Å². The largest absolute Gasteiger partial charge is 0.311 e. The number of halogens is 1. The van der Waals surface area contributed by atoms with Gasteiger partial charge in [-0.25, -0.2) is 0 Å². The van der Waals surface area contributed by atoms with E-state index in [0.29, 0.717) is 0 Å². The fourth-order valence-electron chi connectivity index (χ4n) is 3.59. The molecule has 150 valence electrons. The van der Waals surface area contributed by atoms with E-state index in [0.717, 1.165) is 17.3 Å². The molecule has 0 radical (unpaired) electrons. The molecule has 4 rings (SSSR count). The summed E-state index contributed by atoms with van der Waals surface area (Å²) in [6.07, 6.45) is 2.09. The van der Waals surface area contributed by atoms with Crippen molar-refractivity contribution in [1.82, 2.24) is 0 Å². The Morgan fingerprint density at radius 3 is 1.23 bits per heavy atom. The van der Waals surface area contributed by atoms with Gasteiger partial charge in [-0.2, -0.15) is 0 Å². The van der Waals surface area contributed by atoms with Crippen LogP contribution in [-0.4, -0.2) is 0 Å². The molecule has 0 spiro atoms. The third-order valence-electron chi connectivity index (χ3n) is 5.39. The maximum Gasteiger partial charge on any atom is 0.0461 e. The van der Waals surface area contributed by atoms with E-state index in [1.54, 1.807) is 0 Å². The number of hydrogen-bond acceptors (Lipinski definition) is 1. The lowest BCUT2D eigenvalue weighted by Gasteiger charge is -2.26. The van der Waals surface area contributed by atoms with E-state index in [4.69, 9.17) is 0 Å². The fraction of sp³-hybridized carbons (Fsp3) is 0.143. The molecule has 0 N–H and O–H groups in total. The number of nitrogens with zero attached hydrogens (tertiary/aromatic N) is 1. The summed E-state index contributed by atoms with van der Waals surface area (Å²) in [6.45, 7) is 4.25. The van der Waals surface area contributed by atoms with Crippen molar-refractivity contribution >= 4 is 33.0 Å². The molecule has 4 aromatic rings. The van der Waals surface area contributed by atoms with E-state index < -0.39 is 0 Å². The third kappa shape index (κ3) is 5.01. The van der Waals surface area contributed by atoms with Gasteiger partial charge in [0.05, 0.1) is 0 Å². The predicted molar refractivity (Wildman–Crippen MR) is 132 cm³/mol. The second-order valence-corrected chi connectivity index (χ2v) is 8.72. The first-order valence-corrected chi connectivity index (χ1v) is 11.1. The van der Waals surface area contributed by atoms with Crippen LogP contribution in [0.25, 0.3) is 0 Å².